The van der Waals surface area contributed by atoms with E-state index in [1.54, 1.807) is 4.68 Å². The van der Waals surface area contributed by atoms with Gasteiger partial charge in [0.1, 0.15) is 0 Å². The minimum atomic E-state index is -0.989. The lowest BCUT2D eigenvalue weighted by atomic mass is 10.1. The number of aromatic nitrogens is 4. The van der Waals surface area contributed by atoms with Gasteiger partial charge in [-0.05, 0) is 29.3 Å². The molecule has 2 heterocycles. The second kappa shape index (κ2) is 5.12. The van der Waals surface area contributed by atoms with Gasteiger partial charge in [-0.2, -0.15) is 0 Å². The fourth-order valence-electron chi connectivity index (χ4n) is 2.30. The minimum Gasteiger partial charge on any atom is -0.398 e. The molecule has 2 aromatic rings. The van der Waals surface area contributed by atoms with Gasteiger partial charge in [-0.15, -0.1) is 5.10 Å². The van der Waals surface area contributed by atoms with Crippen molar-refractivity contribution in [3.8, 4) is 11.4 Å². The van der Waals surface area contributed by atoms with Crippen molar-refractivity contribution in [2.75, 3.05) is 18.9 Å². The maximum absolute atomic E-state index is 13.4. The molecule has 0 unspecified atom stereocenters. The molecule has 8 heteroatoms. The molecule has 6 nitrogen and oxygen atoms in total. The molecule has 0 spiro atoms. The summed E-state index contributed by atoms with van der Waals surface area (Å²) in [6.07, 6.45) is 1.53. The van der Waals surface area contributed by atoms with E-state index >= 15 is 0 Å². The molecule has 0 saturated carbocycles. The molecule has 1 saturated heterocycles. The Kier molecular flexibility index (Phi) is 3.31. The van der Waals surface area contributed by atoms with Crippen LogP contribution in [0, 0.1) is 11.6 Å². The number of tetrazole rings is 1. The molecule has 106 valence electrons. The maximum atomic E-state index is 13.4. The molecule has 20 heavy (non-hydrogen) atoms. The lowest BCUT2D eigenvalue weighted by Crippen LogP contribution is -2.21. The lowest BCUT2D eigenvalue weighted by Gasteiger charge is -2.22. The number of halogens is 2. The Morgan fingerprint density at radius 3 is 2.65 bits per heavy atom. The van der Waals surface area contributed by atoms with Gasteiger partial charge in [0.25, 0.3) is 0 Å². The van der Waals surface area contributed by atoms with E-state index < -0.39 is 11.6 Å². The maximum Gasteiger partial charge on any atom is 0.184 e. The Hall–Kier alpha value is -2.09. The van der Waals surface area contributed by atoms with Gasteiger partial charge in [0, 0.05) is 30.5 Å². The van der Waals surface area contributed by atoms with Crippen molar-refractivity contribution in [3.05, 3.63) is 23.8 Å². The highest BCUT2D eigenvalue weighted by Crippen LogP contribution is 2.30. The number of anilines is 1. The summed E-state index contributed by atoms with van der Waals surface area (Å²) in [5.41, 5.74) is 6.14. The number of benzene rings is 1. The molecule has 3 rings (SSSR count). The fraction of sp³-hybridized carbons (Fsp3) is 0.417. The van der Waals surface area contributed by atoms with Gasteiger partial charge >= 0.3 is 0 Å². The van der Waals surface area contributed by atoms with E-state index in [2.05, 4.69) is 15.5 Å². The second-order valence-electron chi connectivity index (χ2n) is 4.64. The van der Waals surface area contributed by atoms with E-state index in [9.17, 15) is 8.78 Å². The van der Waals surface area contributed by atoms with Gasteiger partial charge in [0.2, 0.25) is 0 Å². The molecule has 1 aromatic heterocycles. The molecule has 1 fully saturated rings. The minimum absolute atomic E-state index is 0.0706. The van der Waals surface area contributed by atoms with E-state index in [1.807, 2.05) is 0 Å². The molecule has 0 amide bonds. The Balaban J connectivity index is 2.03. The van der Waals surface area contributed by atoms with Gasteiger partial charge in [0.15, 0.2) is 17.5 Å². The SMILES string of the molecule is Nc1cc(F)c(F)cc1-c1nnnn1C1CCOCC1. The van der Waals surface area contributed by atoms with E-state index in [1.165, 1.54) is 0 Å². The van der Waals surface area contributed by atoms with E-state index in [-0.39, 0.29) is 11.7 Å². The van der Waals surface area contributed by atoms with Crippen LogP contribution < -0.4 is 5.73 Å². The first-order valence-electron chi connectivity index (χ1n) is 6.27. The molecule has 0 bridgehead atoms. The van der Waals surface area contributed by atoms with Gasteiger partial charge in [-0.1, -0.05) is 0 Å². The van der Waals surface area contributed by atoms with Crippen LogP contribution in [0.4, 0.5) is 14.5 Å². The van der Waals surface area contributed by atoms with Crippen LogP contribution in [0.15, 0.2) is 12.1 Å². The molecular weight excluding hydrogens is 268 g/mol. The molecular formula is C12H13F2N5O. The Labute approximate surface area is 113 Å². The van der Waals surface area contributed by atoms with Crippen LogP contribution >= 0.6 is 0 Å². The Bertz CT molecular complexity index is 624. The van der Waals surface area contributed by atoms with Crippen molar-refractivity contribution >= 4 is 5.69 Å². The van der Waals surface area contributed by atoms with E-state index in [4.69, 9.17) is 10.5 Å². The zero-order chi connectivity index (χ0) is 14.1. The quantitative estimate of drug-likeness (QED) is 0.845. The number of rotatable bonds is 2. The van der Waals surface area contributed by atoms with Crippen molar-refractivity contribution in [1.29, 1.82) is 0 Å². The average molecular weight is 281 g/mol. The zero-order valence-corrected chi connectivity index (χ0v) is 10.6. The lowest BCUT2D eigenvalue weighted by molar-refractivity contribution is 0.0662. The summed E-state index contributed by atoms with van der Waals surface area (Å²) in [7, 11) is 0. The van der Waals surface area contributed by atoms with Crippen LogP contribution in [-0.2, 0) is 4.74 Å². The first-order chi connectivity index (χ1) is 9.66. The second-order valence-corrected chi connectivity index (χ2v) is 4.64. The van der Waals surface area contributed by atoms with E-state index in [0.717, 1.165) is 25.0 Å². The number of ether oxygens (including phenoxy) is 1. The topological polar surface area (TPSA) is 78.9 Å². The highest BCUT2D eigenvalue weighted by molar-refractivity contribution is 5.71. The zero-order valence-electron chi connectivity index (χ0n) is 10.6. The molecule has 1 aromatic carbocycles. The summed E-state index contributed by atoms with van der Waals surface area (Å²) < 4.78 is 33.4. The molecule has 0 aliphatic carbocycles. The molecule has 1 aliphatic rings. The molecule has 1 aliphatic heterocycles. The van der Waals surface area contributed by atoms with Crippen LogP contribution in [-0.4, -0.2) is 33.4 Å². The number of nitrogens with zero attached hydrogens (tertiary/aromatic N) is 4. The molecule has 2 N–H and O–H groups in total. The number of nitrogens with two attached hydrogens (primary N) is 1. The third-order valence-electron chi connectivity index (χ3n) is 3.36. The highest BCUT2D eigenvalue weighted by atomic mass is 19.2. The predicted octanol–water partition coefficient (Wildman–Crippen LogP) is 1.55. The van der Waals surface area contributed by atoms with Gasteiger partial charge in [0.05, 0.1) is 6.04 Å². The summed E-state index contributed by atoms with van der Waals surface area (Å²) in [6, 6.07) is 2.03. The van der Waals surface area contributed by atoms with Crippen LogP contribution in [0.3, 0.4) is 0 Å². The summed E-state index contributed by atoms with van der Waals surface area (Å²) in [5.74, 6) is -1.62. The van der Waals surface area contributed by atoms with Gasteiger partial charge in [-0.3, -0.25) is 0 Å². The van der Waals surface area contributed by atoms with Gasteiger partial charge in [-0.25, -0.2) is 13.5 Å². The summed E-state index contributed by atoms with van der Waals surface area (Å²) in [5, 5.41) is 11.4. The van der Waals surface area contributed by atoms with Crippen molar-refractivity contribution in [3.63, 3.8) is 0 Å². The summed E-state index contributed by atoms with van der Waals surface area (Å²) in [6.45, 7) is 1.24. The van der Waals surface area contributed by atoms with Crippen LogP contribution in [0.2, 0.25) is 0 Å². The smallest absolute Gasteiger partial charge is 0.184 e. The first kappa shape index (κ1) is 12.9. The number of hydrogen-bond donors (Lipinski definition) is 1. The van der Waals surface area contributed by atoms with Crippen LogP contribution in [0.25, 0.3) is 11.4 Å². The largest absolute Gasteiger partial charge is 0.398 e. The normalized spacial score (nSPS) is 16.5. The number of hydrogen-bond acceptors (Lipinski definition) is 5. The van der Waals surface area contributed by atoms with Gasteiger partial charge < -0.3 is 10.5 Å². The standard InChI is InChI=1S/C12H13F2N5O/c13-9-5-8(11(15)6-10(9)14)12-16-17-18-19(12)7-1-3-20-4-2-7/h5-7H,1-4,15H2. The first-order valence-corrected chi connectivity index (χ1v) is 6.27. The fourth-order valence-corrected chi connectivity index (χ4v) is 2.30. The van der Waals surface area contributed by atoms with Crippen LogP contribution in [0.5, 0.6) is 0 Å². The molecule has 0 atom stereocenters. The average Bonchev–Trinajstić information content (AvgIpc) is 2.93. The third-order valence-corrected chi connectivity index (χ3v) is 3.36. The van der Waals surface area contributed by atoms with Crippen molar-refractivity contribution in [2.24, 2.45) is 0 Å². The third kappa shape index (κ3) is 2.22. The van der Waals surface area contributed by atoms with Crippen molar-refractivity contribution in [2.45, 2.75) is 18.9 Å². The molecule has 0 radical (unpaired) electrons. The monoisotopic (exact) mass is 281 g/mol. The highest BCUT2D eigenvalue weighted by Gasteiger charge is 2.23. The number of nitrogen functional groups attached to an aromatic ring is 1. The van der Waals surface area contributed by atoms with Crippen LogP contribution in [0.1, 0.15) is 18.9 Å². The Morgan fingerprint density at radius 2 is 1.90 bits per heavy atom. The van der Waals surface area contributed by atoms with E-state index in [0.29, 0.717) is 24.6 Å². The predicted molar refractivity (Wildman–Crippen MR) is 66.7 cm³/mol. The summed E-state index contributed by atoms with van der Waals surface area (Å²) in [4.78, 5) is 0. The Morgan fingerprint density at radius 1 is 1.20 bits per heavy atom. The summed E-state index contributed by atoms with van der Waals surface area (Å²) >= 11 is 0. The van der Waals surface area contributed by atoms with Crippen molar-refractivity contribution < 1.29 is 13.5 Å². The van der Waals surface area contributed by atoms with Crippen molar-refractivity contribution in [1.82, 2.24) is 20.2 Å².